The van der Waals surface area contributed by atoms with Crippen molar-refractivity contribution in [1.29, 1.82) is 0 Å². The smallest absolute Gasteiger partial charge is 0.192 e. The molecule has 0 amide bonds. The second-order valence-electron chi connectivity index (χ2n) is 19.9. The summed E-state index contributed by atoms with van der Waals surface area (Å²) in [5, 5.41) is 22.6. The Hall–Kier alpha value is 0.104. The van der Waals surface area contributed by atoms with Gasteiger partial charge in [-0.05, 0) is 118 Å². The average molecular weight is 693 g/mol. The number of aliphatic hydroxyl groups excluding tert-OH is 1. The zero-order valence-corrected chi connectivity index (χ0v) is 35.3. The van der Waals surface area contributed by atoms with Crippen LogP contribution >= 0.6 is 11.8 Å². The second-order valence-corrected chi connectivity index (χ2v) is 30.9. The number of allylic oxidation sites excluding steroid dienone is 3. The lowest BCUT2D eigenvalue weighted by molar-refractivity contribution is -0.0438. The molecule has 9 atom stereocenters. The summed E-state index contributed by atoms with van der Waals surface area (Å²) in [5.41, 5.74) is 2.58. The minimum atomic E-state index is -2.05. The van der Waals surface area contributed by atoms with E-state index in [-0.39, 0.29) is 45.1 Å². The van der Waals surface area contributed by atoms with Gasteiger partial charge in [-0.3, -0.25) is 0 Å². The first-order valence-electron chi connectivity index (χ1n) is 18.5. The number of aliphatic hydroxyl groups is 2. The highest BCUT2D eigenvalue weighted by Gasteiger charge is 2.62. The molecule has 46 heavy (non-hydrogen) atoms. The zero-order chi connectivity index (χ0) is 34.9. The third kappa shape index (κ3) is 7.42. The maximum absolute atomic E-state index is 11.7. The number of fused-ring (bicyclic) bond motifs is 5. The van der Waals surface area contributed by atoms with Gasteiger partial charge in [-0.15, -0.1) is 0 Å². The number of rotatable bonds is 10. The minimum absolute atomic E-state index is 0.0469. The molecule has 0 aromatic heterocycles. The Labute approximate surface area is 290 Å². The number of hydrogen-bond donors (Lipinski definition) is 2. The molecule has 0 aliphatic heterocycles. The molecule has 0 aromatic rings. The highest BCUT2D eigenvalue weighted by molar-refractivity contribution is 7.99. The van der Waals surface area contributed by atoms with Crippen molar-refractivity contribution in [1.82, 2.24) is 0 Å². The van der Waals surface area contributed by atoms with E-state index in [2.05, 4.69) is 101 Å². The van der Waals surface area contributed by atoms with Crippen LogP contribution in [-0.2, 0) is 8.85 Å². The van der Waals surface area contributed by atoms with Gasteiger partial charge >= 0.3 is 0 Å². The molecule has 0 saturated heterocycles. The molecule has 4 aliphatic rings. The molecule has 7 heteroatoms. The van der Waals surface area contributed by atoms with Crippen molar-refractivity contribution in [3.05, 3.63) is 23.3 Å². The van der Waals surface area contributed by atoms with Gasteiger partial charge in [0.15, 0.2) is 16.6 Å². The van der Waals surface area contributed by atoms with Crippen molar-refractivity contribution >= 4 is 28.4 Å². The van der Waals surface area contributed by atoms with Gasteiger partial charge in [-0.2, -0.15) is 11.8 Å². The summed E-state index contributed by atoms with van der Waals surface area (Å²) >= 11 is 2.01. The first-order valence-corrected chi connectivity index (χ1v) is 25.4. The summed E-state index contributed by atoms with van der Waals surface area (Å²) in [6.45, 7) is 35.0. The second kappa shape index (κ2) is 13.0. The van der Waals surface area contributed by atoms with Crippen LogP contribution in [0.4, 0.5) is 0 Å². The summed E-state index contributed by atoms with van der Waals surface area (Å²) in [6, 6.07) is 0. The summed E-state index contributed by atoms with van der Waals surface area (Å²) in [7, 11) is -3.99. The van der Waals surface area contributed by atoms with E-state index in [0.717, 1.165) is 50.7 Å². The first-order chi connectivity index (χ1) is 20.7. The van der Waals surface area contributed by atoms with E-state index in [1.807, 2.05) is 25.6 Å². The third-order valence-electron chi connectivity index (χ3n) is 14.0. The number of thioether (sulfide) groups is 1. The van der Waals surface area contributed by atoms with E-state index in [1.165, 1.54) is 5.57 Å². The number of hydrogen-bond acceptors (Lipinski definition) is 5. The van der Waals surface area contributed by atoms with Crippen molar-refractivity contribution in [3.8, 4) is 0 Å². The normalized spacial score (nSPS) is 36.4. The van der Waals surface area contributed by atoms with Crippen molar-refractivity contribution in [3.63, 3.8) is 0 Å². The Kier molecular flexibility index (Phi) is 11.0. The monoisotopic (exact) mass is 692 g/mol. The Bertz CT molecular complexity index is 1160. The largest absolute Gasteiger partial charge is 0.414 e. The van der Waals surface area contributed by atoms with Crippen LogP contribution in [0.15, 0.2) is 23.3 Å². The van der Waals surface area contributed by atoms with E-state index < -0.39 is 22.2 Å². The highest BCUT2D eigenvalue weighted by Crippen LogP contribution is 2.67. The Morgan fingerprint density at radius 3 is 2.07 bits per heavy atom. The Morgan fingerprint density at radius 2 is 1.50 bits per heavy atom. The lowest BCUT2D eigenvalue weighted by Crippen LogP contribution is -2.58. The molecule has 0 heterocycles. The van der Waals surface area contributed by atoms with Crippen molar-refractivity contribution in [2.75, 3.05) is 5.75 Å². The van der Waals surface area contributed by atoms with E-state index in [9.17, 15) is 10.2 Å². The quantitative estimate of drug-likeness (QED) is 0.176. The lowest BCUT2D eigenvalue weighted by atomic mass is 9.49. The molecule has 0 spiro atoms. The molecule has 4 nitrogen and oxygen atoms in total. The summed E-state index contributed by atoms with van der Waals surface area (Å²) < 4.78 is 14.7. The van der Waals surface area contributed by atoms with Gasteiger partial charge < -0.3 is 19.1 Å². The van der Waals surface area contributed by atoms with Crippen LogP contribution in [0, 0.1) is 28.6 Å². The van der Waals surface area contributed by atoms with Gasteiger partial charge in [0.25, 0.3) is 0 Å². The molecule has 3 fully saturated rings. The van der Waals surface area contributed by atoms with E-state index >= 15 is 0 Å². The SMILES string of the molecule is CC(SCCCC(C)(C)O)[C@H]1C(O)C[C@H]2C3=CC=C4CC(O[Si](C)(C)C(C)(C)C)CC(O[Si](C)(C)C(C)(C)C)[C@]4(C)[C@H]3CC[C@]12C. The molecule has 0 bridgehead atoms. The van der Waals surface area contributed by atoms with Gasteiger partial charge in [0.1, 0.15) is 0 Å². The molecule has 4 unspecified atom stereocenters. The van der Waals surface area contributed by atoms with Crippen LogP contribution in [0.1, 0.15) is 121 Å². The van der Waals surface area contributed by atoms with Crippen molar-refractivity contribution in [2.24, 2.45) is 28.6 Å². The molecule has 266 valence electrons. The lowest BCUT2D eigenvalue weighted by Gasteiger charge is -2.59. The first kappa shape index (κ1) is 38.9. The summed E-state index contributed by atoms with van der Waals surface area (Å²) in [5.74, 6) is 2.19. The topological polar surface area (TPSA) is 58.9 Å². The van der Waals surface area contributed by atoms with Crippen LogP contribution < -0.4 is 0 Å². The van der Waals surface area contributed by atoms with Gasteiger partial charge in [0, 0.05) is 16.6 Å². The Morgan fingerprint density at radius 1 is 0.913 bits per heavy atom. The van der Waals surface area contributed by atoms with E-state index in [0.29, 0.717) is 17.1 Å². The van der Waals surface area contributed by atoms with E-state index in [1.54, 1.807) is 5.57 Å². The molecular weight excluding hydrogens is 621 g/mol. The van der Waals surface area contributed by atoms with Gasteiger partial charge in [-0.25, -0.2) is 0 Å². The maximum Gasteiger partial charge on any atom is 0.192 e. The summed E-state index contributed by atoms with van der Waals surface area (Å²) in [4.78, 5) is 0. The third-order valence-corrected chi connectivity index (χ3v) is 24.4. The molecule has 2 N–H and O–H groups in total. The van der Waals surface area contributed by atoms with E-state index in [4.69, 9.17) is 8.85 Å². The Balaban J connectivity index is 1.65. The summed E-state index contributed by atoms with van der Waals surface area (Å²) in [6.07, 6.45) is 12.1. The molecule has 4 rings (SSSR count). The predicted octanol–water partition coefficient (Wildman–Crippen LogP) is 10.5. The van der Waals surface area contributed by atoms with Gasteiger partial charge in [0.2, 0.25) is 0 Å². The van der Waals surface area contributed by atoms with Crippen molar-refractivity contribution in [2.45, 2.75) is 187 Å². The zero-order valence-electron chi connectivity index (χ0n) is 32.5. The van der Waals surface area contributed by atoms with Crippen LogP contribution in [0.25, 0.3) is 0 Å². The molecule has 3 saturated carbocycles. The van der Waals surface area contributed by atoms with Crippen LogP contribution in [0.2, 0.25) is 36.3 Å². The highest BCUT2D eigenvalue weighted by atomic mass is 32.2. The fraction of sp³-hybridized carbons (Fsp3) is 0.897. The maximum atomic E-state index is 11.7. The van der Waals surface area contributed by atoms with Gasteiger partial charge in [-0.1, -0.05) is 85.6 Å². The van der Waals surface area contributed by atoms with Crippen molar-refractivity contribution < 1.29 is 19.1 Å². The molecule has 4 aliphatic carbocycles. The van der Waals surface area contributed by atoms with Gasteiger partial charge in [0.05, 0.1) is 23.9 Å². The minimum Gasteiger partial charge on any atom is -0.414 e. The van der Waals surface area contributed by atoms with Crippen LogP contribution in [0.3, 0.4) is 0 Å². The fourth-order valence-electron chi connectivity index (χ4n) is 9.17. The standard InChI is InChI=1S/C39H72O4SSi2/c1-26(44-22-16-20-37(8,9)41)34-32(40)25-31-29-18-17-27-23-28(42-45(12,13)35(2,3)4)24-33(43-46(14,15)36(5,6)7)39(27,11)30(29)19-21-38(31,34)10/h17-18,26,28,30-34,40-41H,16,19-25H2,1-15H3/t26?,28?,30-,31-,32?,33?,34-,38-,39-/m0/s1. The predicted molar refractivity (Wildman–Crippen MR) is 204 cm³/mol. The fourth-order valence-corrected chi connectivity index (χ4v) is 13.3. The average Bonchev–Trinajstić information content (AvgIpc) is 3.15. The molecule has 0 radical (unpaired) electrons. The molecule has 0 aromatic carbocycles. The van der Waals surface area contributed by atoms with Crippen LogP contribution in [-0.4, -0.2) is 61.8 Å². The van der Waals surface area contributed by atoms with Crippen LogP contribution in [0.5, 0.6) is 0 Å². The molecular formula is C39H72O4SSi2.